The second-order valence-electron chi connectivity index (χ2n) is 4.23. The second kappa shape index (κ2) is 5.72. The van der Waals surface area contributed by atoms with Crippen LogP contribution < -0.4 is 0 Å². The van der Waals surface area contributed by atoms with Crippen molar-refractivity contribution in [2.24, 2.45) is 0 Å². The number of nitrogens with zero attached hydrogens (tertiary/aromatic N) is 1. The van der Waals surface area contributed by atoms with E-state index in [0.717, 1.165) is 0 Å². The third kappa shape index (κ3) is 4.40. The van der Waals surface area contributed by atoms with Crippen LogP contribution in [-0.4, -0.2) is 50.0 Å². The van der Waals surface area contributed by atoms with E-state index in [1.54, 1.807) is 0 Å². The molecule has 0 bridgehead atoms. The molecule has 15 heavy (non-hydrogen) atoms. The molecule has 1 aliphatic heterocycles. The van der Waals surface area contributed by atoms with E-state index >= 15 is 0 Å². The first-order valence-corrected chi connectivity index (χ1v) is 5.24. The Hall–Kier alpha value is -0.260. The summed E-state index contributed by atoms with van der Waals surface area (Å²) in [5.41, 5.74) is 0. The predicted molar refractivity (Wildman–Crippen MR) is 53.0 cm³/mol. The predicted octanol–water partition coefficient (Wildman–Crippen LogP) is 1.72. The van der Waals surface area contributed by atoms with Gasteiger partial charge >= 0.3 is 6.61 Å². The summed E-state index contributed by atoms with van der Waals surface area (Å²) in [6.45, 7) is 2.38. The summed E-state index contributed by atoms with van der Waals surface area (Å²) in [6.07, 6.45) is 0.428. The minimum Gasteiger partial charge on any atom is -0.377 e. The van der Waals surface area contributed by atoms with Crippen molar-refractivity contribution in [2.75, 3.05) is 20.2 Å². The van der Waals surface area contributed by atoms with Crippen LogP contribution in [0.4, 0.5) is 8.78 Å². The van der Waals surface area contributed by atoms with Crippen LogP contribution in [0, 0.1) is 0 Å². The van der Waals surface area contributed by atoms with E-state index in [2.05, 4.69) is 4.74 Å². The Morgan fingerprint density at radius 3 is 2.60 bits per heavy atom. The molecule has 1 heterocycles. The molecule has 0 aromatic heterocycles. The van der Waals surface area contributed by atoms with Crippen LogP contribution in [0.25, 0.3) is 0 Å². The summed E-state index contributed by atoms with van der Waals surface area (Å²) in [5.74, 6) is 0. The largest absolute Gasteiger partial charge is 0.377 e. The lowest BCUT2D eigenvalue weighted by atomic mass is 10.2. The molecule has 1 rings (SSSR count). The molecule has 0 spiro atoms. The van der Waals surface area contributed by atoms with E-state index in [1.807, 2.05) is 25.8 Å². The van der Waals surface area contributed by atoms with Gasteiger partial charge in [-0.25, -0.2) is 0 Å². The highest BCUT2D eigenvalue weighted by Gasteiger charge is 2.31. The standard InChI is InChI=1S/C10H19F2NO2/c1-7(2)14-6-8-4-9(5-13(8)3)15-10(11)12/h7-10H,4-6H2,1-3H3/t8-,9-/m0/s1. The molecule has 0 aromatic carbocycles. The number of alkyl halides is 2. The summed E-state index contributed by atoms with van der Waals surface area (Å²) in [7, 11) is 1.91. The number of halogens is 2. The SMILES string of the molecule is CC(C)OC[C@@H]1C[C@H](OC(F)F)CN1C. The van der Waals surface area contributed by atoms with Crippen molar-refractivity contribution in [3.8, 4) is 0 Å². The molecular formula is C10H19F2NO2. The summed E-state index contributed by atoms with van der Waals surface area (Å²) in [5, 5.41) is 0. The quantitative estimate of drug-likeness (QED) is 0.708. The molecule has 5 heteroatoms. The van der Waals surface area contributed by atoms with Gasteiger partial charge in [0.1, 0.15) is 0 Å². The van der Waals surface area contributed by atoms with E-state index < -0.39 is 6.61 Å². The van der Waals surface area contributed by atoms with Gasteiger partial charge in [-0.15, -0.1) is 0 Å². The smallest absolute Gasteiger partial charge is 0.345 e. The van der Waals surface area contributed by atoms with Crippen LogP contribution in [0.15, 0.2) is 0 Å². The molecule has 3 nitrogen and oxygen atoms in total. The Kier molecular flexibility index (Phi) is 4.89. The molecule has 0 aromatic rings. The zero-order chi connectivity index (χ0) is 11.4. The highest BCUT2D eigenvalue weighted by atomic mass is 19.3. The Morgan fingerprint density at radius 2 is 2.07 bits per heavy atom. The van der Waals surface area contributed by atoms with Gasteiger partial charge in [0.15, 0.2) is 0 Å². The van der Waals surface area contributed by atoms with Crippen LogP contribution in [-0.2, 0) is 9.47 Å². The molecular weight excluding hydrogens is 204 g/mol. The minimum atomic E-state index is -2.67. The van der Waals surface area contributed by atoms with Crippen molar-refractivity contribution >= 4 is 0 Å². The normalized spacial score (nSPS) is 28.2. The van der Waals surface area contributed by atoms with Gasteiger partial charge in [-0.1, -0.05) is 0 Å². The Balaban J connectivity index is 2.29. The fourth-order valence-corrected chi connectivity index (χ4v) is 1.77. The van der Waals surface area contributed by atoms with Gasteiger partial charge in [-0.3, -0.25) is 4.90 Å². The third-order valence-corrected chi connectivity index (χ3v) is 2.57. The van der Waals surface area contributed by atoms with E-state index in [-0.39, 0.29) is 18.2 Å². The maximum Gasteiger partial charge on any atom is 0.345 e. The Labute approximate surface area is 89.3 Å². The van der Waals surface area contributed by atoms with Gasteiger partial charge in [-0.2, -0.15) is 8.78 Å². The van der Waals surface area contributed by atoms with Gasteiger partial charge < -0.3 is 9.47 Å². The molecule has 90 valence electrons. The zero-order valence-electron chi connectivity index (χ0n) is 9.45. The van der Waals surface area contributed by atoms with Crippen LogP contribution in [0.1, 0.15) is 20.3 Å². The topological polar surface area (TPSA) is 21.7 Å². The van der Waals surface area contributed by atoms with Crippen molar-refractivity contribution in [1.82, 2.24) is 4.90 Å². The van der Waals surface area contributed by atoms with Gasteiger partial charge in [0.2, 0.25) is 0 Å². The second-order valence-corrected chi connectivity index (χ2v) is 4.23. The number of rotatable bonds is 5. The number of likely N-dealkylation sites (tertiary alicyclic amines) is 1. The summed E-state index contributed by atoms with van der Waals surface area (Å²) in [4.78, 5) is 2.01. The number of ether oxygens (including phenoxy) is 2. The van der Waals surface area contributed by atoms with E-state index in [4.69, 9.17) is 4.74 Å². The van der Waals surface area contributed by atoms with Gasteiger partial charge in [0.25, 0.3) is 0 Å². The number of likely N-dealkylation sites (N-methyl/N-ethyl adjacent to an activating group) is 1. The lowest BCUT2D eigenvalue weighted by molar-refractivity contribution is -0.158. The highest BCUT2D eigenvalue weighted by molar-refractivity contribution is 4.83. The van der Waals surface area contributed by atoms with Crippen molar-refractivity contribution in [3.63, 3.8) is 0 Å². The average Bonchev–Trinajstić information content (AvgIpc) is 2.41. The molecule has 2 atom stereocenters. The molecule has 0 unspecified atom stereocenters. The van der Waals surface area contributed by atoms with Crippen LogP contribution in [0.3, 0.4) is 0 Å². The molecule has 0 N–H and O–H groups in total. The van der Waals surface area contributed by atoms with Crippen LogP contribution >= 0.6 is 0 Å². The number of hydrogen-bond acceptors (Lipinski definition) is 3. The molecule has 1 fully saturated rings. The molecule has 0 aliphatic carbocycles. The van der Waals surface area contributed by atoms with E-state index in [0.29, 0.717) is 19.6 Å². The zero-order valence-corrected chi connectivity index (χ0v) is 9.45. The first-order chi connectivity index (χ1) is 6.99. The monoisotopic (exact) mass is 223 g/mol. The molecule has 0 amide bonds. The fourth-order valence-electron chi connectivity index (χ4n) is 1.77. The lowest BCUT2D eigenvalue weighted by Gasteiger charge is -2.19. The number of hydrogen-bond donors (Lipinski definition) is 0. The van der Waals surface area contributed by atoms with Gasteiger partial charge in [0, 0.05) is 12.6 Å². The van der Waals surface area contributed by atoms with Crippen molar-refractivity contribution in [1.29, 1.82) is 0 Å². The lowest BCUT2D eigenvalue weighted by Crippen LogP contribution is -2.30. The Bertz CT molecular complexity index is 190. The minimum absolute atomic E-state index is 0.175. The summed E-state index contributed by atoms with van der Waals surface area (Å²) < 4.78 is 33.9. The molecule has 1 aliphatic rings. The molecule has 0 saturated carbocycles. The van der Waals surface area contributed by atoms with Crippen molar-refractivity contribution in [2.45, 2.75) is 45.1 Å². The van der Waals surface area contributed by atoms with Gasteiger partial charge in [-0.05, 0) is 27.3 Å². The van der Waals surface area contributed by atoms with Crippen molar-refractivity contribution in [3.05, 3.63) is 0 Å². The highest BCUT2D eigenvalue weighted by Crippen LogP contribution is 2.20. The van der Waals surface area contributed by atoms with Crippen LogP contribution in [0.2, 0.25) is 0 Å². The summed E-state index contributed by atoms with van der Waals surface area (Å²) in [6, 6.07) is 0.191. The van der Waals surface area contributed by atoms with Gasteiger partial charge in [0.05, 0.1) is 18.8 Å². The maximum absolute atomic E-state index is 12.0. The molecule has 1 saturated heterocycles. The van der Waals surface area contributed by atoms with Crippen LogP contribution in [0.5, 0.6) is 0 Å². The maximum atomic E-state index is 12.0. The Morgan fingerprint density at radius 1 is 1.40 bits per heavy atom. The average molecular weight is 223 g/mol. The van der Waals surface area contributed by atoms with E-state index in [1.165, 1.54) is 0 Å². The first kappa shape index (κ1) is 12.8. The van der Waals surface area contributed by atoms with E-state index in [9.17, 15) is 8.78 Å². The third-order valence-electron chi connectivity index (χ3n) is 2.57. The molecule has 0 radical (unpaired) electrons. The first-order valence-electron chi connectivity index (χ1n) is 5.24. The summed E-state index contributed by atoms with van der Waals surface area (Å²) >= 11 is 0. The fraction of sp³-hybridized carbons (Fsp3) is 1.00. The van der Waals surface area contributed by atoms with Crippen molar-refractivity contribution < 1.29 is 18.3 Å².